The summed E-state index contributed by atoms with van der Waals surface area (Å²) in [5, 5.41) is 0. The molecular formula is C14H21ClF3N. The molecule has 0 aliphatic carbocycles. The molecule has 1 aromatic rings. The molecule has 0 spiro atoms. The van der Waals surface area contributed by atoms with Gasteiger partial charge in [0.05, 0.1) is 0 Å². The van der Waals surface area contributed by atoms with Gasteiger partial charge in [0, 0.05) is 12.5 Å². The van der Waals surface area contributed by atoms with Crippen molar-refractivity contribution in [3.8, 4) is 0 Å². The molecule has 0 aliphatic rings. The molecule has 0 heterocycles. The Labute approximate surface area is 118 Å². The fourth-order valence-electron chi connectivity index (χ4n) is 1.72. The molecule has 0 unspecified atom stereocenters. The molecule has 0 saturated heterocycles. The summed E-state index contributed by atoms with van der Waals surface area (Å²) in [6.07, 6.45) is -5.05. The van der Waals surface area contributed by atoms with Gasteiger partial charge in [-0.15, -0.1) is 12.4 Å². The van der Waals surface area contributed by atoms with Crippen LogP contribution in [0.5, 0.6) is 0 Å². The molecule has 0 radical (unpaired) electrons. The lowest BCUT2D eigenvalue weighted by Crippen LogP contribution is -2.16. The van der Waals surface area contributed by atoms with Gasteiger partial charge < -0.3 is 5.73 Å². The van der Waals surface area contributed by atoms with E-state index < -0.39 is 18.6 Å². The summed E-state index contributed by atoms with van der Waals surface area (Å²) in [7, 11) is 0. The molecule has 1 aromatic carbocycles. The first-order valence-electron chi connectivity index (χ1n) is 6.02. The van der Waals surface area contributed by atoms with Crippen LogP contribution in [-0.4, -0.2) is 6.18 Å². The van der Waals surface area contributed by atoms with Crippen molar-refractivity contribution in [3.63, 3.8) is 0 Å². The number of nitrogens with two attached hydrogens (primary N) is 1. The van der Waals surface area contributed by atoms with Gasteiger partial charge in [-0.05, 0) is 23.0 Å². The maximum absolute atomic E-state index is 12.1. The van der Waals surface area contributed by atoms with Gasteiger partial charge in [0.25, 0.3) is 0 Å². The minimum atomic E-state index is -4.14. The van der Waals surface area contributed by atoms with Crippen molar-refractivity contribution in [1.82, 2.24) is 0 Å². The van der Waals surface area contributed by atoms with Crippen molar-refractivity contribution in [3.05, 3.63) is 35.4 Å². The molecule has 1 rings (SSSR count). The molecule has 5 heteroatoms. The predicted octanol–water partition coefficient (Wildman–Crippen LogP) is 4.75. The topological polar surface area (TPSA) is 26.0 Å². The van der Waals surface area contributed by atoms with Crippen LogP contribution in [0.2, 0.25) is 0 Å². The standard InChI is InChI=1S/C14H20F3N.ClH/c1-13(2,3)11-6-4-10(5-7-11)12(18)8-9-14(15,16)17;/h4-7,12H,8-9,18H2,1-3H3;1H/t12-;/m0./s1. The average Bonchev–Trinajstić information content (AvgIpc) is 2.24. The van der Waals surface area contributed by atoms with Gasteiger partial charge in [-0.2, -0.15) is 13.2 Å². The van der Waals surface area contributed by atoms with Crippen LogP contribution in [0.1, 0.15) is 50.8 Å². The zero-order valence-electron chi connectivity index (χ0n) is 11.4. The largest absolute Gasteiger partial charge is 0.389 e. The normalized spacial score (nSPS) is 13.8. The van der Waals surface area contributed by atoms with E-state index in [0.29, 0.717) is 0 Å². The molecule has 2 N–H and O–H groups in total. The second kappa shape index (κ2) is 6.62. The van der Waals surface area contributed by atoms with E-state index in [0.717, 1.165) is 11.1 Å². The van der Waals surface area contributed by atoms with Crippen LogP contribution in [0.25, 0.3) is 0 Å². The minimum absolute atomic E-state index is 0. The number of alkyl halides is 3. The fraction of sp³-hybridized carbons (Fsp3) is 0.571. The average molecular weight is 296 g/mol. The lowest BCUT2D eigenvalue weighted by Gasteiger charge is -2.20. The van der Waals surface area contributed by atoms with Gasteiger partial charge in [0.2, 0.25) is 0 Å². The number of halogens is 4. The van der Waals surface area contributed by atoms with E-state index in [2.05, 4.69) is 20.8 Å². The maximum atomic E-state index is 12.1. The number of benzene rings is 1. The summed E-state index contributed by atoms with van der Waals surface area (Å²) in [6, 6.07) is 6.95. The Morgan fingerprint density at radius 2 is 1.53 bits per heavy atom. The second-order valence-electron chi connectivity index (χ2n) is 5.63. The lowest BCUT2D eigenvalue weighted by atomic mass is 9.86. The predicted molar refractivity (Wildman–Crippen MR) is 74.6 cm³/mol. The molecule has 0 amide bonds. The van der Waals surface area contributed by atoms with Crippen LogP contribution < -0.4 is 5.73 Å². The smallest absolute Gasteiger partial charge is 0.324 e. The third-order valence-electron chi connectivity index (χ3n) is 2.94. The van der Waals surface area contributed by atoms with Crippen LogP contribution in [0.3, 0.4) is 0 Å². The van der Waals surface area contributed by atoms with E-state index in [1.54, 1.807) is 0 Å². The highest BCUT2D eigenvalue weighted by Crippen LogP contribution is 2.28. The number of hydrogen-bond acceptors (Lipinski definition) is 1. The Morgan fingerprint density at radius 1 is 1.05 bits per heavy atom. The Kier molecular flexibility index (Phi) is 6.36. The van der Waals surface area contributed by atoms with Crippen molar-refractivity contribution in [2.24, 2.45) is 5.73 Å². The molecule has 110 valence electrons. The van der Waals surface area contributed by atoms with Gasteiger partial charge >= 0.3 is 6.18 Å². The molecular weight excluding hydrogens is 275 g/mol. The molecule has 19 heavy (non-hydrogen) atoms. The van der Waals surface area contributed by atoms with E-state index >= 15 is 0 Å². The van der Waals surface area contributed by atoms with Crippen LogP contribution >= 0.6 is 12.4 Å². The Bertz CT molecular complexity index is 379. The first kappa shape index (κ1) is 18.3. The zero-order chi connectivity index (χ0) is 14.0. The molecule has 0 fully saturated rings. The third-order valence-corrected chi connectivity index (χ3v) is 2.94. The van der Waals surface area contributed by atoms with Crippen LogP contribution in [0.4, 0.5) is 13.2 Å². The van der Waals surface area contributed by atoms with E-state index in [9.17, 15) is 13.2 Å². The third kappa shape index (κ3) is 6.30. The Hall–Kier alpha value is -0.740. The van der Waals surface area contributed by atoms with E-state index in [4.69, 9.17) is 5.73 Å². The van der Waals surface area contributed by atoms with E-state index in [1.807, 2.05) is 24.3 Å². The number of rotatable bonds is 3. The lowest BCUT2D eigenvalue weighted by molar-refractivity contribution is -0.136. The van der Waals surface area contributed by atoms with E-state index in [-0.39, 0.29) is 24.2 Å². The van der Waals surface area contributed by atoms with Crippen molar-refractivity contribution in [2.75, 3.05) is 0 Å². The van der Waals surface area contributed by atoms with Gasteiger partial charge in [-0.25, -0.2) is 0 Å². The SMILES string of the molecule is CC(C)(C)c1ccc([C@@H](N)CCC(F)(F)F)cc1.Cl. The maximum Gasteiger partial charge on any atom is 0.389 e. The van der Waals surface area contributed by atoms with Gasteiger partial charge in [0.1, 0.15) is 0 Å². The Balaban J connectivity index is 0.00000324. The van der Waals surface area contributed by atoms with Gasteiger partial charge in [-0.3, -0.25) is 0 Å². The molecule has 0 bridgehead atoms. The second-order valence-corrected chi connectivity index (χ2v) is 5.63. The summed E-state index contributed by atoms with van der Waals surface area (Å²) < 4.78 is 36.3. The quantitative estimate of drug-likeness (QED) is 0.856. The molecule has 1 atom stereocenters. The molecule has 0 aromatic heterocycles. The highest BCUT2D eigenvalue weighted by molar-refractivity contribution is 5.85. The van der Waals surface area contributed by atoms with Crippen LogP contribution in [0, 0.1) is 0 Å². The summed E-state index contributed by atoms with van der Waals surface area (Å²) >= 11 is 0. The summed E-state index contributed by atoms with van der Waals surface area (Å²) in [6.45, 7) is 6.27. The zero-order valence-corrected chi connectivity index (χ0v) is 12.2. The Morgan fingerprint density at radius 3 is 1.89 bits per heavy atom. The first-order chi connectivity index (χ1) is 8.09. The first-order valence-corrected chi connectivity index (χ1v) is 6.02. The van der Waals surface area contributed by atoms with Crippen molar-refractivity contribution >= 4 is 12.4 Å². The van der Waals surface area contributed by atoms with E-state index in [1.165, 1.54) is 0 Å². The minimum Gasteiger partial charge on any atom is -0.324 e. The summed E-state index contributed by atoms with van der Waals surface area (Å²) in [5.41, 5.74) is 7.70. The van der Waals surface area contributed by atoms with Crippen LogP contribution in [-0.2, 0) is 5.41 Å². The molecule has 0 aliphatic heterocycles. The highest BCUT2D eigenvalue weighted by atomic mass is 35.5. The monoisotopic (exact) mass is 295 g/mol. The van der Waals surface area contributed by atoms with Gasteiger partial charge in [-0.1, -0.05) is 45.0 Å². The highest BCUT2D eigenvalue weighted by Gasteiger charge is 2.27. The summed E-state index contributed by atoms with van der Waals surface area (Å²) in [4.78, 5) is 0. The molecule has 1 nitrogen and oxygen atoms in total. The number of hydrogen-bond donors (Lipinski definition) is 1. The molecule has 0 saturated carbocycles. The fourth-order valence-corrected chi connectivity index (χ4v) is 1.72. The summed E-state index contributed by atoms with van der Waals surface area (Å²) in [5.74, 6) is 0. The van der Waals surface area contributed by atoms with Crippen molar-refractivity contribution in [2.45, 2.75) is 51.2 Å². The van der Waals surface area contributed by atoms with Crippen molar-refractivity contribution < 1.29 is 13.2 Å². The van der Waals surface area contributed by atoms with Crippen LogP contribution in [0.15, 0.2) is 24.3 Å². The van der Waals surface area contributed by atoms with Crippen molar-refractivity contribution in [1.29, 1.82) is 0 Å². The van der Waals surface area contributed by atoms with Gasteiger partial charge in [0.15, 0.2) is 0 Å².